The van der Waals surface area contributed by atoms with Gasteiger partial charge in [0, 0.05) is 30.5 Å². The van der Waals surface area contributed by atoms with Crippen molar-refractivity contribution in [3.8, 4) is 5.82 Å². The van der Waals surface area contributed by atoms with Gasteiger partial charge in [0.1, 0.15) is 5.82 Å². The standard InChI is InChI=1S/C18H18FN5O/c1-13-11-21-24(12-13)17-7-3-5-15(22-17)8-9-20-18(25)23-16-6-2-4-14(19)10-16/h2-7,10-12H,8-9H2,1H3,(H2,20,23,25). The van der Waals surface area contributed by atoms with E-state index in [0.29, 0.717) is 18.7 Å². The van der Waals surface area contributed by atoms with Gasteiger partial charge in [-0.05, 0) is 42.8 Å². The van der Waals surface area contributed by atoms with Crippen LogP contribution in [0, 0.1) is 12.7 Å². The fraction of sp³-hybridized carbons (Fsp3) is 0.167. The molecule has 128 valence electrons. The van der Waals surface area contributed by atoms with Crippen molar-refractivity contribution in [2.75, 3.05) is 11.9 Å². The van der Waals surface area contributed by atoms with Gasteiger partial charge in [-0.1, -0.05) is 12.1 Å². The summed E-state index contributed by atoms with van der Waals surface area (Å²) in [6.45, 7) is 2.38. The molecule has 2 N–H and O–H groups in total. The van der Waals surface area contributed by atoms with E-state index in [4.69, 9.17) is 0 Å². The molecule has 0 fully saturated rings. The molecule has 3 aromatic rings. The Bertz CT molecular complexity index is 877. The van der Waals surface area contributed by atoms with Crippen molar-refractivity contribution in [2.45, 2.75) is 13.3 Å². The Hall–Kier alpha value is -3.22. The molecule has 0 spiro atoms. The number of hydrogen-bond donors (Lipinski definition) is 2. The highest BCUT2D eigenvalue weighted by Gasteiger charge is 2.04. The molecule has 7 heteroatoms. The van der Waals surface area contributed by atoms with E-state index < -0.39 is 5.82 Å². The van der Waals surface area contributed by atoms with Crippen LogP contribution in [0.25, 0.3) is 5.82 Å². The van der Waals surface area contributed by atoms with Gasteiger partial charge in [0.2, 0.25) is 0 Å². The minimum absolute atomic E-state index is 0.385. The van der Waals surface area contributed by atoms with Gasteiger partial charge in [0.15, 0.2) is 5.82 Å². The maximum atomic E-state index is 13.1. The lowest BCUT2D eigenvalue weighted by molar-refractivity contribution is 0.252. The number of halogens is 1. The highest BCUT2D eigenvalue weighted by Crippen LogP contribution is 2.09. The zero-order chi connectivity index (χ0) is 17.6. The Morgan fingerprint density at radius 1 is 1.24 bits per heavy atom. The van der Waals surface area contributed by atoms with E-state index in [0.717, 1.165) is 17.1 Å². The van der Waals surface area contributed by atoms with Crippen molar-refractivity contribution in [3.63, 3.8) is 0 Å². The van der Waals surface area contributed by atoms with E-state index in [1.807, 2.05) is 31.3 Å². The fourth-order valence-electron chi connectivity index (χ4n) is 2.32. The van der Waals surface area contributed by atoms with E-state index >= 15 is 0 Å². The number of aryl methyl sites for hydroxylation is 1. The van der Waals surface area contributed by atoms with Gasteiger partial charge in [-0.3, -0.25) is 0 Å². The van der Waals surface area contributed by atoms with Crippen LogP contribution in [-0.2, 0) is 6.42 Å². The summed E-state index contributed by atoms with van der Waals surface area (Å²) < 4.78 is 14.8. The molecule has 2 amide bonds. The summed E-state index contributed by atoms with van der Waals surface area (Å²) in [6.07, 6.45) is 4.24. The number of amides is 2. The van der Waals surface area contributed by atoms with E-state index in [9.17, 15) is 9.18 Å². The van der Waals surface area contributed by atoms with Crippen LogP contribution in [0.1, 0.15) is 11.3 Å². The molecule has 0 saturated heterocycles. The third-order valence-corrected chi connectivity index (χ3v) is 3.49. The maximum absolute atomic E-state index is 13.1. The predicted octanol–water partition coefficient (Wildman–Crippen LogP) is 3.08. The van der Waals surface area contributed by atoms with Crippen molar-refractivity contribution in [3.05, 3.63) is 71.9 Å². The first-order chi connectivity index (χ1) is 12.1. The lowest BCUT2D eigenvalue weighted by Crippen LogP contribution is -2.30. The van der Waals surface area contributed by atoms with Crippen LogP contribution >= 0.6 is 0 Å². The Labute approximate surface area is 144 Å². The summed E-state index contributed by atoms with van der Waals surface area (Å²) in [6, 6.07) is 11.0. The molecule has 1 aromatic carbocycles. The van der Waals surface area contributed by atoms with Crippen LogP contribution in [0.2, 0.25) is 0 Å². The zero-order valence-corrected chi connectivity index (χ0v) is 13.7. The average molecular weight is 339 g/mol. The second kappa shape index (κ2) is 7.57. The topological polar surface area (TPSA) is 71.8 Å². The lowest BCUT2D eigenvalue weighted by atomic mass is 10.2. The molecule has 0 atom stereocenters. The molecular formula is C18H18FN5O. The van der Waals surface area contributed by atoms with Gasteiger partial charge in [-0.2, -0.15) is 5.10 Å². The Kier molecular flexibility index (Phi) is 5.03. The summed E-state index contributed by atoms with van der Waals surface area (Å²) in [5.41, 5.74) is 2.31. The number of nitrogens with one attached hydrogen (secondary N) is 2. The van der Waals surface area contributed by atoms with Gasteiger partial charge < -0.3 is 10.6 Å². The van der Waals surface area contributed by atoms with Crippen molar-refractivity contribution in [2.24, 2.45) is 0 Å². The van der Waals surface area contributed by atoms with E-state index in [1.54, 1.807) is 16.9 Å². The van der Waals surface area contributed by atoms with Gasteiger partial charge in [0.05, 0.1) is 6.20 Å². The number of pyridine rings is 1. The normalized spacial score (nSPS) is 10.5. The number of carbonyl (C=O) groups excluding carboxylic acids is 1. The van der Waals surface area contributed by atoms with Crippen molar-refractivity contribution in [1.82, 2.24) is 20.1 Å². The Morgan fingerprint density at radius 3 is 2.84 bits per heavy atom. The van der Waals surface area contributed by atoms with Crippen molar-refractivity contribution in [1.29, 1.82) is 0 Å². The highest BCUT2D eigenvalue weighted by atomic mass is 19.1. The summed E-state index contributed by atoms with van der Waals surface area (Å²) >= 11 is 0. The Balaban J connectivity index is 1.53. The quantitative estimate of drug-likeness (QED) is 0.750. The third-order valence-electron chi connectivity index (χ3n) is 3.49. The second-order valence-corrected chi connectivity index (χ2v) is 5.59. The van der Waals surface area contributed by atoms with Crippen molar-refractivity contribution < 1.29 is 9.18 Å². The number of benzene rings is 1. The molecule has 0 aliphatic heterocycles. The molecule has 0 saturated carbocycles. The van der Waals surface area contributed by atoms with Crippen LogP contribution in [0.15, 0.2) is 54.9 Å². The Morgan fingerprint density at radius 2 is 2.08 bits per heavy atom. The minimum atomic E-state index is -0.396. The largest absolute Gasteiger partial charge is 0.337 e. The highest BCUT2D eigenvalue weighted by molar-refractivity contribution is 5.89. The average Bonchev–Trinajstić information content (AvgIpc) is 3.02. The fourth-order valence-corrected chi connectivity index (χ4v) is 2.32. The number of anilines is 1. The number of urea groups is 1. The monoisotopic (exact) mass is 339 g/mol. The van der Waals surface area contributed by atoms with E-state index in [1.165, 1.54) is 18.2 Å². The molecule has 2 heterocycles. The molecular weight excluding hydrogens is 321 g/mol. The molecule has 0 aliphatic carbocycles. The maximum Gasteiger partial charge on any atom is 0.319 e. The number of rotatable bonds is 5. The molecule has 6 nitrogen and oxygen atoms in total. The number of carbonyl (C=O) groups is 1. The zero-order valence-electron chi connectivity index (χ0n) is 13.7. The first kappa shape index (κ1) is 16.6. The third kappa shape index (κ3) is 4.63. The summed E-state index contributed by atoms with van der Waals surface area (Å²) in [7, 11) is 0. The number of nitrogens with zero attached hydrogens (tertiary/aromatic N) is 3. The molecule has 2 aromatic heterocycles. The van der Waals surface area contributed by atoms with Crippen LogP contribution < -0.4 is 10.6 Å². The first-order valence-corrected chi connectivity index (χ1v) is 7.88. The van der Waals surface area contributed by atoms with Gasteiger partial charge in [-0.15, -0.1) is 0 Å². The molecule has 0 radical (unpaired) electrons. The molecule has 25 heavy (non-hydrogen) atoms. The molecule has 0 unspecified atom stereocenters. The van der Waals surface area contributed by atoms with E-state index in [2.05, 4.69) is 20.7 Å². The minimum Gasteiger partial charge on any atom is -0.337 e. The first-order valence-electron chi connectivity index (χ1n) is 7.88. The summed E-state index contributed by atoms with van der Waals surface area (Å²) in [5, 5.41) is 9.55. The van der Waals surface area contributed by atoms with Crippen LogP contribution in [0.4, 0.5) is 14.9 Å². The van der Waals surface area contributed by atoms with Gasteiger partial charge in [0.25, 0.3) is 0 Å². The smallest absolute Gasteiger partial charge is 0.319 e. The van der Waals surface area contributed by atoms with Gasteiger partial charge in [-0.25, -0.2) is 18.9 Å². The SMILES string of the molecule is Cc1cnn(-c2cccc(CCNC(=O)Nc3cccc(F)c3)n2)c1. The summed E-state index contributed by atoms with van der Waals surface area (Å²) in [5.74, 6) is 0.336. The number of hydrogen-bond acceptors (Lipinski definition) is 3. The van der Waals surface area contributed by atoms with Crippen LogP contribution in [-0.4, -0.2) is 27.3 Å². The second-order valence-electron chi connectivity index (χ2n) is 5.59. The molecule has 0 bridgehead atoms. The molecule has 0 aliphatic rings. The molecule has 3 rings (SSSR count). The predicted molar refractivity (Wildman–Crippen MR) is 93.2 cm³/mol. The van der Waals surface area contributed by atoms with Gasteiger partial charge >= 0.3 is 6.03 Å². The van der Waals surface area contributed by atoms with Crippen molar-refractivity contribution >= 4 is 11.7 Å². The van der Waals surface area contributed by atoms with Crippen LogP contribution in [0.3, 0.4) is 0 Å². The number of aromatic nitrogens is 3. The lowest BCUT2D eigenvalue weighted by Gasteiger charge is -2.08. The summed E-state index contributed by atoms with van der Waals surface area (Å²) in [4.78, 5) is 16.4. The van der Waals surface area contributed by atoms with E-state index in [-0.39, 0.29) is 6.03 Å². The van der Waals surface area contributed by atoms with Crippen LogP contribution in [0.5, 0.6) is 0 Å².